The van der Waals surface area contributed by atoms with Gasteiger partial charge in [-0.1, -0.05) is 30.7 Å². The van der Waals surface area contributed by atoms with Gasteiger partial charge in [-0.25, -0.2) is 13.2 Å². The van der Waals surface area contributed by atoms with Gasteiger partial charge in [-0.2, -0.15) is 4.31 Å². The lowest BCUT2D eigenvalue weighted by Crippen LogP contribution is -2.41. The van der Waals surface area contributed by atoms with Crippen molar-refractivity contribution in [2.24, 2.45) is 5.73 Å². The summed E-state index contributed by atoms with van der Waals surface area (Å²) in [6.45, 7) is 9.32. The first-order valence-corrected chi connectivity index (χ1v) is 10.4. The van der Waals surface area contributed by atoms with E-state index in [1.807, 2.05) is 19.9 Å². The van der Waals surface area contributed by atoms with E-state index in [2.05, 4.69) is 0 Å². The number of hydrogen-bond donors (Lipinski definition) is 1. The number of benzene rings is 1. The Morgan fingerprint density at radius 3 is 2.41 bits per heavy atom. The topological polar surface area (TPSA) is 89.7 Å². The van der Waals surface area contributed by atoms with Crippen molar-refractivity contribution < 1.29 is 17.9 Å². The van der Waals surface area contributed by atoms with Crippen LogP contribution in [0.15, 0.2) is 52.6 Å². The Labute approximate surface area is 161 Å². The molecule has 1 aromatic carbocycles. The number of ether oxygens (including phenoxy) is 1. The summed E-state index contributed by atoms with van der Waals surface area (Å²) in [5.41, 5.74) is 7.51. The summed E-state index contributed by atoms with van der Waals surface area (Å²) in [5, 5.41) is 0. The standard InChI is InChI=1S/C20H28N2O4S/c1-6-15-11-12-22(27(24,25)16-9-7-14(2)8-10-16)19(15)17(21)13-18(23)26-20(3,4)5/h7-11,13,19H,6,12,21H2,1-5H3/b17-13-/t19-/m0/s1. The fraction of sp³-hybridized carbons (Fsp3) is 0.450. The highest BCUT2D eigenvalue weighted by Gasteiger charge is 2.38. The third-order valence-corrected chi connectivity index (χ3v) is 6.06. The van der Waals surface area contributed by atoms with Crippen LogP contribution in [0.25, 0.3) is 0 Å². The summed E-state index contributed by atoms with van der Waals surface area (Å²) in [5.74, 6) is -0.588. The Kier molecular flexibility index (Phi) is 6.17. The van der Waals surface area contributed by atoms with Crippen LogP contribution in [0.4, 0.5) is 0 Å². The highest BCUT2D eigenvalue weighted by atomic mass is 32.2. The lowest BCUT2D eigenvalue weighted by atomic mass is 10.0. The molecule has 0 amide bonds. The fourth-order valence-corrected chi connectivity index (χ4v) is 4.51. The zero-order valence-corrected chi connectivity index (χ0v) is 17.3. The van der Waals surface area contributed by atoms with Crippen LogP contribution < -0.4 is 5.73 Å². The van der Waals surface area contributed by atoms with Gasteiger partial charge < -0.3 is 10.5 Å². The molecule has 0 radical (unpaired) electrons. The van der Waals surface area contributed by atoms with Gasteiger partial charge in [0.1, 0.15) is 5.60 Å². The highest BCUT2D eigenvalue weighted by molar-refractivity contribution is 7.89. The number of rotatable bonds is 5. The van der Waals surface area contributed by atoms with E-state index in [-0.39, 0.29) is 17.1 Å². The van der Waals surface area contributed by atoms with E-state index in [0.29, 0.717) is 6.42 Å². The predicted octanol–water partition coefficient (Wildman–Crippen LogP) is 2.89. The van der Waals surface area contributed by atoms with Crippen molar-refractivity contribution in [2.75, 3.05) is 6.54 Å². The van der Waals surface area contributed by atoms with Crippen molar-refractivity contribution in [1.29, 1.82) is 0 Å². The average molecular weight is 393 g/mol. The van der Waals surface area contributed by atoms with Crippen molar-refractivity contribution in [3.05, 3.63) is 53.3 Å². The van der Waals surface area contributed by atoms with Crippen molar-refractivity contribution in [3.8, 4) is 0 Å². The molecule has 0 aliphatic carbocycles. The van der Waals surface area contributed by atoms with Crippen LogP contribution in [0.3, 0.4) is 0 Å². The first-order valence-electron chi connectivity index (χ1n) is 8.93. The molecular formula is C20H28N2O4S. The Bertz CT molecular complexity index is 862. The third-order valence-electron chi connectivity index (χ3n) is 4.22. The SMILES string of the molecule is CCC1=CCN(S(=O)(=O)c2ccc(C)cc2)[C@@H]1/C(N)=C/C(=O)OC(C)(C)C. The van der Waals surface area contributed by atoms with Crippen LogP contribution >= 0.6 is 0 Å². The van der Waals surface area contributed by atoms with Gasteiger partial charge in [0.05, 0.1) is 10.9 Å². The number of esters is 1. The average Bonchev–Trinajstić information content (AvgIpc) is 2.98. The smallest absolute Gasteiger partial charge is 0.333 e. The van der Waals surface area contributed by atoms with E-state index in [4.69, 9.17) is 10.5 Å². The maximum Gasteiger partial charge on any atom is 0.333 e. The molecule has 2 N–H and O–H groups in total. The quantitative estimate of drug-likeness (QED) is 0.473. The molecule has 0 bridgehead atoms. The molecule has 0 spiro atoms. The number of nitrogens with zero attached hydrogens (tertiary/aromatic N) is 1. The molecule has 148 valence electrons. The summed E-state index contributed by atoms with van der Waals surface area (Å²) in [6, 6.07) is 5.99. The number of aryl methyl sites for hydroxylation is 1. The minimum atomic E-state index is -3.76. The molecule has 0 saturated carbocycles. The van der Waals surface area contributed by atoms with Gasteiger partial charge in [0.15, 0.2) is 0 Å². The van der Waals surface area contributed by atoms with Crippen LogP contribution in [-0.4, -0.2) is 36.9 Å². The number of nitrogens with two attached hydrogens (primary N) is 1. The van der Waals surface area contributed by atoms with E-state index in [1.165, 1.54) is 10.4 Å². The minimum absolute atomic E-state index is 0.158. The molecule has 6 nitrogen and oxygen atoms in total. The third kappa shape index (κ3) is 4.99. The first kappa shape index (κ1) is 21.2. The van der Waals surface area contributed by atoms with Crippen LogP contribution in [0.2, 0.25) is 0 Å². The van der Waals surface area contributed by atoms with E-state index < -0.39 is 27.6 Å². The van der Waals surface area contributed by atoms with Crippen LogP contribution in [-0.2, 0) is 19.6 Å². The summed E-state index contributed by atoms with van der Waals surface area (Å²) >= 11 is 0. The molecule has 1 atom stereocenters. The highest BCUT2D eigenvalue weighted by Crippen LogP contribution is 2.31. The number of hydrogen-bond acceptors (Lipinski definition) is 5. The Morgan fingerprint density at radius 2 is 1.89 bits per heavy atom. The van der Waals surface area contributed by atoms with E-state index in [0.717, 1.165) is 11.1 Å². The minimum Gasteiger partial charge on any atom is -0.457 e. The molecule has 7 heteroatoms. The lowest BCUT2D eigenvalue weighted by Gasteiger charge is -2.27. The van der Waals surface area contributed by atoms with Crippen LogP contribution in [0.1, 0.15) is 39.7 Å². The van der Waals surface area contributed by atoms with Gasteiger partial charge in [-0.05, 0) is 51.8 Å². The second kappa shape index (κ2) is 7.86. The molecular weight excluding hydrogens is 364 g/mol. The van der Waals surface area contributed by atoms with Gasteiger partial charge in [0.2, 0.25) is 10.0 Å². The molecule has 2 rings (SSSR count). The number of sulfonamides is 1. The Hall–Kier alpha value is -2.12. The van der Waals surface area contributed by atoms with Crippen molar-refractivity contribution in [2.45, 2.75) is 57.6 Å². The first-order chi connectivity index (χ1) is 12.5. The molecule has 0 saturated heterocycles. The monoisotopic (exact) mass is 392 g/mol. The van der Waals surface area contributed by atoms with Gasteiger partial charge in [-0.3, -0.25) is 0 Å². The van der Waals surface area contributed by atoms with Gasteiger partial charge in [-0.15, -0.1) is 0 Å². The van der Waals surface area contributed by atoms with Gasteiger partial charge in [0, 0.05) is 18.3 Å². The number of carbonyl (C=O) groups is 1. The van der Waals surface area contributed by atoms with Crippen molar-refractivity contribution >= 4 is 16.0 Å². The molecule has 1 aliphatic heterocycles. The normalized spacial score (nSPS) is 19.1. The Morgan fingerprint density at radius 1 is 1.30 bits per heavy atom. The zero-order chi connectivity index (χ0) is 20.4. The summed E-state index contributed by atoms with van der Waals surface area (Å²) in [6.07, 6.45) is 3.67. The maximum atomic E-state index is 13.1. The van der Waals surface area contributed by atoms with Crippen LogP contribution in [0, 0.1) is 6.92 Å². The lowest BCUT2D eigenvalue weighted by molar-refractivity contribution is -0.148. The molecule has 1 aliphatic rings. The molecule has 1 heterocycles. The van der Waals surface area contributed by atoms with E-state index in [9.17, 15) is 13.2 Å². The summed E-state index contributed by atoms with van der Waals surface area (Å²) in [4.78, 5) is 12.3. The molecule has 27 heavy (non-hydrogen) atoms. The predicted molar refractivity (Wildman–Crippen MR) is 105 cm³/mol. The van der Waals surface area contributed by atoms with Crippen molar-refractivity contribution in [1.82, 2.24) is 4.31 Å². The van der Waals surface area contributed by atoms with E-state index in [1.54, 1.807) is 45.0 Å². The fourth-order valence-electron chi connectivity index (χ4n) is 2.96. The molecule has 0 unspecified atom stereocenters. The molecule has 1 aromatic rings. The van der Waals surface area contributed by atoms with E-state index >= 15 is 0 Å². The zero-order valence-electron chi connectivity index (χ0n) is 16.5. The second-order valence-corrected chi connectivity index (χ2v) is 9.49. The Balaban J connectivity index is 2.37. The molecule has 0 fully saturated rings. The number of carbonyl (C=O) groups excluding carboxylic acids is 1. The molecule has 0 aromatic heterocycles. The largest absolute Gasteiger partial charge is 0.457 e. The van der Waals surface area contributed by atoms with Gasteiger partial charge in [0.25, 0.3) is 0 Å². The van der Waals surface area contributed by atoms with Crippen molar-refractivity contribution in [3.63, 3.8) is 0 Å². The van der Waals surface area contributed by atoms with Crippen LogP contribution in [0.5, 0.6) is 0 Å². The van der Waals surface area contributed by atoms with Gasteiger partial charge >= 0.3 is 5.97 Å². The summed E-state index contributed by atoms with van der Waals surface area (Å²) in [7, 11) is -3.76. The maximum absolute atomic E-state index is 13.1. The summed E-state index contributed by atoms with van der Waals surface area (Å²) < 4.78 is 32.9. The second-order valence-electron chi connectivity index (χ2n) is 7.60.